The molecule has 0 aliphatic carbocycles. The van der Waals surface area contributed by atoms with Gasteiger partial charge >= 0.3 is 12.2 Å². The Labute approximate surface area is 301 Å². The first-order valence-corrected chi connectivity index (χ1v) is 17.1. The van der Waals surface area contributed by atoms with Gasteiger partial charge in [0.2, 0.25) is 0 Å². The molecule has 0 fully saturated rings. The Morgan fingerprint density at radius 2 is 0.640 bits per heavy atom. The van der Waals surface area contributed by atoms with Crippen molar-refractivity contribution >= 4 is 12.2 Å². The van der Waals surface area contributed by atoms with Crippen LogP contribution in [0.25, 0.3) is 0 Å². The van der Waals surface area contributed by atoms with Crippen LogP contribution in [0.3, 0.4) is 0 Å². The Morgan fingerprint density at radius 3 is 0.760 bits per heavy atom. The van der Waals surface area contributed by atoms with E-state index in [0.29, 0.717) is 49.4 Å². The highest BCUT2D eigenvalue weighted by Gasteiger charge is 2.31. The summed E-state index contributed by atoms with van der Waals surface area (Å²) >= 11 is 0. The van der Waals surface area contributed by atoms with Gasteiger partial charge in [0.15, 0.2) is 22.2 Å². The van der Waals surface area contributed by atoms with E-state index in [4.69, 9.17) is 0 Å². The van der Waals surface area contributed by atoms with Crippen LogP contribution in [-0.2, 0) is 9.47 Å². The molecule has 0 rings (SSSR count). The fraction of sp³-hybridized carbons (Fsp3) is 0.833. The second-order valence-electron chi connectivity index (χ2n) is 15.4. The molecule has 0 N–H and O–H groups in total. The van der Waals surface area contributed by atoms with Gasteiger partial charge in [-0.05, 0) is 105 Å². The van der Waals surface area contributed by atoms with Crippen molar-refractivity contribution in [2.45, 2.75) is 171 Å². The Bertz CT molecular complexity index is 1130. The van der Waals surface area contributed by atoms with Gasteiger partial charge in [-0.15, -0.1) is 0 Å². The maximum absolute atomic E-state index is 10.8. The van der Waals surface area contributed by atoms with Crippen LogP contribution in [0.4, 0.5) is 9.59 Å². The van der Waals surface area contributed by atoms with E-state index in [0.717, 1.165) is 0 Å². The molecule has 0 saturated carbocycles. The van der Waals surface area contributed by atoms with E-state index in [1.165, 1.54) is 0 Å². The Morgan fingerprint density at radius 1 is 0.460 bits per heavy atom. The predicted octanol–water partition coefficient (Wildman–Crippen LogP) is 10.7. The van der Waals surface area contributed by atoms with E-state index in [-0.39, 0.29) is 12.2 Å². The summed E-state index contributed by atoms with van der Waals surface area (Å²) in [6.07, 6.45) is 0.213. The lowest BCUT2D eigenvalue weighted by Crippen LogP contribution is -2.26. The van der Waals surface area contributed by atoms with Gasteiger partial charge in [-0.2, -0.15) is 41.5 Å². The summed E-state index contributed by atoms with van der Waals surface area (Å²) in [4.78, 5) is 21.5. The number of carbonyl (C=O) groups is 2. The van der Waals surface area contributed by atoms with Gasteiger partial charge in [-0.25, -0.2) is 9.59 Å². The molecule has 280 valence electrons. The van der Waals surface area contributed by atoms with E-state index in [1.54, 1.807) is 55.4 Å². The third-order valence-electron chi connectivity index (χ3n) is 6.06. The Kier molecular flexibility index (Phi) is 24.0. The lowest BCUT2D eigenvalue weighted by Gasteiger charge is -2.22. The second-order valence-corrected chi connectivity index (χ2v) is 15.4. The maximum Gasteiger partial charge on any atom is 0.452 e. The molecule has 0 spiro atoms. The van der Waals surface area contributed by atoms with E-state index in [2.05, 4.69) is 64.4 Å². The zero-order valence-corrected chi connectivity index (χ0v) is 33.4. The summed E-state index contributed by atoms with van der Waals surface area (Å²) in [5, 5.41) is 59.4. The van der Waals surface area contributed by atoms with Crippen LogP contribution in [0.1, 0.15) is 136 Å². The quantitative estimate of drug-likeness (QED) is 0.158. The van der Waals surface area contributed by atoms with Crippen LogP contribution in [0.2, 0.25) is 0 Å². The lowest BCUT2D eigenvalue weighted by molar-refractivity contribution is 0.115. The van der Waals surface area contributed by atoms with Crippen LogP contribution in [0.15, 0.2) is 30.7 Å². The smallest absolute Gasteiger partial charge is 0.444 e. The first kappa shape index (κ1) is 50.1. The highest BCUT2D eigenvalue weighted by atomic mass is 16.6. The molecule has 0 heterocycles. The monoisotopic (exact) mass is 698 g/mol. The van der Waals surface area contributed by atoms with Crippen molar-refractivity contribution in [3.63, 3.8) is 0 Å². The van der Waals surface area contributed by atoms with Crippen molar-refractivity contribution in [2.75, 3.05) is 0 Å². The Hall–Kier alpha value is -4.30. The highest BCUT2D eigenvalue weighted by molar-refractivity contribution is 5.73. The SMILES string of the molecule is CC(C)CC(C)(C#N)N=NC(C)(C#N)CC(C)C.CC(C)CC(C)(C#N)N=NC(C)(C#N)CC(C)C.CC(C)OC(=O)N=NC(=O)OC(C)C. The van der Waals surface area contributed by atoms with Gasteiger partial charge in [-0.1, -0.05) is 65.6 Å². The molecule has 0 aliphatic heterocycles. The molecule has 2 amide bonds. The summed E-state index contributed by atoms with van der Waals surface area (Å²) in [6, 6.07) is 8.76. The molecule has 0 saturated heterocycles. The average Bonchev–Trinajstić information content (AvgIpc) is 2.97. The van der Waals surface area contributed by atoms with E-state index in [1.807, 2.05) is 55.4 Å². The van der Waals surface area contributed by atoms with Crippen molar-refractivity contribution in [1.29, 1.82) is 21.0 Å². The predicted molar refractivity (Wildman–Crippen MR) is 192 cm³/mol. The molecular formula is C36H62N10O4. The summed E-state index contributed by atoms with van der Waals surface area (Å²) < 4.78 is 9.20. The molecule has 0 aliphatic rings. The van der Waals surface area contributed by atoms with Gasteiger partial charge in [0, 0.05) is 0 Å². The molecule has 4 unspecified atom stereocenters. The Balaban J connectivity index is -0.000000669. The van der Waals surface area contributed by atoms with Crippen molar-refractivity contribution in [3.05, 3.63) is 0 Å². The number of carbonyl (C=O) groups excluding carboxylic acids is 2. The van der Waals surface area contributed by atoms with Gasteiger partial charge in [-0.3, -0.25) is 0 Å². The maximum atomic E-state index is 10.8. The third-order valence-corrected chi connectivity index (χ3v) is 6.06. The molecule has 0 aromatic heterocycles. The minimum atomic E-state index is -0.902. The van der Waals surface area contributed by atoms with Gasteiger partial charge in [0.05, 0.1) is 36.5 Å². The fourth-order valence-electron chi connectivity index (χ4n) is 4.59. The number of nitriles is 4. The lowest BCUT2D eigenvalue weighted by atomic mass is 9.92. The first-order chi connectivity index (χ1) is 22.7. The highest BCUT2D eigenvalue weighted by Crippen LogP contribution is 2.27. The van der Waals surface area contributed by atoms with Crippen molar-refractivity contribution < 1.29 is 19.1 Å². The molecule has 0 aromatic carbocycles. The zero-order valence-electron chi connectivity index (χ0n) is 33.4. The fourth-order valence-corrected chi connectivity index (χ4v) is 4.59. The van der Waals surface area contributed by atoms with Gasteiger partial charge in [0.1, 0.15) is 0 Å². The number of amides is 2. The van der Waals surface area contributed by atoms with Gasteiger partial charge in [0.25, 0.3) is 0 Å². The molecule has 14 nitrogen and oxygen atoms in total. The number of ether oxygens (including phenoxy) is 2. The minimum absolute atomic E-state index is 0.289. The largest absolute Gasteiger partial charge is 0.452 e. The van der Waals surface area contributed by atoms with E-state index >= 15 is 0 Å². The first-order valence-electron chi connectivity index (χ1n) is 17.1. The van der Waals surface area contributed by atoms with E-state index < -0.39 is 34.3 Å². The van der Waals surface area contributed by atoms with Gasteiger partial charge < -0.3 is 9.47 Å². The number of azo groups is 3. The van der Waals surface area contributed by atoms with Crippen molar-refractivity contribution in [1.82, 2.24) is 0 Å². The zero-order chi connectivity index (χ0) is 39.9. The van der Waals surface area contributed by atoms with E-state index in [9.17, 15) is 30.6 Å². The number of nitrogens with zero attached hydrogens (tertiary/aromatic N) is 10. The molecule has 14 heteroatoms. The normalized spacial score (nSPS) is 16.3. The van der Waals surface area contributed by atoms with Crippen LogP contribution < -0.4 is 0 Å². The molecule has 0 aromatic rings. The molecular weight excluding hydrogens is 636 g/mol. The van der Waals surface area contributed by atoms with Crippen molar-refractivity contribution in [3.8, 4) is 24.3 Å². The number of hydrogen-bond donors (Lipinski definition) is 0. The van der Waals surface area contributed by atoms with Crippen LogP contribution in [0, 0.1) is 69.0 Å². The van der Waals surface area contributed by atoms with Crippen LogP contribution in [-0.4, -0.2) is 46.6 Å². The summed E-state index contributed by atoms with van der Waals surface area (Å²) in [6.45, 7) is 30.1. The number of rotatable bonds is 14. The van der Waals surface area contributed by atoms with Crippen LogP contribution in [0.5, 0.6) is 0 Å². The van der Waals surface area contributed by atoms with Crippen LogP contribution >= 0.6 is 0 Å². The third kappa shape index (κ3) is 26.6. The molecule has 0 radical (unpaired) electrons. The number of hydrogen-bond acceptors (Lipinski definition) is 12. The average molecular weight is 699 g/mol. The standard InChI is InChI=1S/2C14H24N4.C8H14N2O4/c2*1-11(2)7-13(5,9-15)17-18-14(6,10-16)8-12(3)4;1-5(2)13-7(11)9-10-8(12)14-6(3)4/h2*11-12H,7-8H2,1-6H3;5-6H,1-4H3. The summed E-state index contributed by atoms with van der Waals surface area (Å²) in [7, 11) is 0. The van der Waals surface area contributed by atoms with Crippen molar-refractivity contribution in [2.24, 2.45) is 54.4 Å². The molecule has 50 heavy (non-hydrogen) atoms. The summed E-state index contributed by atoms with van der Waals surface area (Å²) in [5.74, 6) is 1.47. The molecule has 0 bridgehead atoms. The molecule has 4 atom stereocenters. The second kappa shape index (κ2) is 24.0. The minimum Gasteiger partial charge on any atom is -0.444 e. The topological polar surface area (TPSA) is 222 Å². The summed E-state index contributed by atoms with van der Waals surface area (Å²) in [5.41, 5.74) is -3.32.